The predicted octanol–water partition coefficient (Wildman–Crippen LogP) is 3.49. The Kier molecular flexibility index (Phi) is 4.62. The molecule has 2 aromatic rings. The fraction of sp³-hybridized carbons (Fsp3) is 0.286. The molecule has 0 atom stereocenters. The zero-order valence-corrected chi connectivity index (χ0v) is 12.5. The van der Waals surface area contributed by atoms with Crippen LogP contribution < -0.4 is 0 Å². The van der Waals surface area contributed by atoms with Gasteiger partial charge in [0.15, 0.2) is 0 Å². The quantitative estimate of drug-likeness (QED) is 0.919. The first kappa shape index (κ1) is 14.8. The normalized spacial score (nSPS) is 10.7. The largest absolute Gasteiger partial charge is 0.480 e. The standard InChI is InChI=1S/C14H14ClNO3S/c1-2-7-16(8-11(17)18)14(19)13-12(15)9-5-3-4-6-10(9)20-13/h3-6H,2,7-8H2,1H3,(H,17,18). The van der Waals surface area contributed by atoms with E-state index in [-0.39, 0.29) is 12.5 Å². The van der Waals surface area contributed by atoms with E-state index in [2.05, 4.69) is 0 Å². The molecule has 1 amide bonds. The van der Waals surface area contributed by atoms with Gasteiger partial charge in [-0.1, -0.05) is 36.7 Å². The van der Waals surface area contributed by atoms with Crippen LogP contribution in [0.5, 0.6) is 0 Å². The van der Waals surface area contributed by atoms with Gasteiger partial charge in [-0.2, -0.15) is 0 Å². The zero-order chi connectivity index (χ0) is 14.7. The molecule has 1 heterocycles. The molecule has 1 aromatic carbocycles. The lowest BCUT2D eigenvalue weighted by Gasteiger charge is -2.19. The van der Waals surface area contributed by atoms with Crippen molar-refractivity contribution in [3.63, 3.8) is 0 Å². The summed E-state index contributed by atoms with van der Waals surface area (Å²) in [5, 5.41) is 10.1. The van der Waals surface area contributed by atoms with E-state index in [9.17, 15) is 9.59 Å². The van der Waals surface area contributed by atoms with Gasteiger partial charge in [-0.3, -0.25) is 9.59 Å². The average Bonchev–Trinajstić information content (AvgIpc) is 2.75. The number of rotatable bonds is 5. The topological polar surface area (TPSA) is 57.6 Å². The van der Waals surface area contributed by atoms with Crippen LogP contribution in [0.3, 0.4) is 0 Å². The zero-order valence-electron chi connectivity index (χ0n) is 10.9. The first-order chi connectivity index (χ1) is 9.54. The molecule has 1 N–H and O–H groups in total. The Bertz CT molecular complexity index is 653. The van der Waals surface area contributed by atoms with Gasteiger partial charge in [0.1, 0.15) is 11.4 Å². The Hall–Kier alpha value is -1.59. The van der Waals surface area contributed by atoms with Gasteiger partial charge in [0, 0.05) is 16.6 Å². The van der Waals surface area contributed by atoms with E-state index in [0.29, 0.717) is 22.9 Å². The summed E-state index contributed by atoms with van der Waals surface area (Å²) in [5.74, 6) is -1.34. The molecule has 0 aliphatic heterocycles. The van der Waals surface area contributed by atoms with Crippen LogP contribution in [-0.4, -0.2) is 35.0 Å². The Labute approximate surface area is 125 Å². The van der Waals surface area contributed by atoms with E-state index in [0.717, 1.165) is 10.1 Å². The molecule has 0 bridgehead atoms. The van der Waals surface area contributed by atoms with Gasteiger partial charge in [0.2, 0.25) is 0 Å². The second kappa shape index (κ2) is 6.24. The summed E-state index contributed by atoms with van der Waals surface area (Å²) < 4.78 is 0.924. The molecule has 0 aliphatic carbocycles. The van der Waals surface area contributed by atoms with Crippen molar-refractivity contribution in [3.8, 4) is 0 Å². The van der Waals surface area contributed by atoms with Crippen molar-refractivity contribution < 1.29 is 14.7 Å². The van der Waals surface area contributed by atoms with Gasteiger partial charge in [0.05, 0.1) is 5.02 Å². The third-order valence-electron chi connectivity index (χ3n) is 2.84. The Morgan fingerprint density at radius 2 is 2.05 bits per heavy atom. The Morgan fingerprint density at radius 1 is 1.35 bits per heavy atom. The molecule has 0 saturated heterocycles. The molecule has 0 aliphatic rings. The summed E-state index contributed by atoms with van der Waals surface area (Å²) in [6.45, 7) is 1.99. The lowest BCUT2D eigenvalue weighted by Crippen LogP contribution is -2.35. The van der Waals surface area contributed by atoms with E-state index >= 15 is 0 Å². The highest BCUT2D eigenvalue weighted by atomic mass is 35.5. The van der Waals surface area contributed by atoms with Gasteiger partial charge < -0.3 is 10.0 Å². The lowest BCUT2D eigenvalue weighted by molar-refractivity contribution is -0.137. The van der Waals surface area contributed by atoms with E-state index in [4.69, 9.17) is 16.7 Å². The molecule has 20 heavy (non-hydrogen) atoms. The van der Waals surface area contributed by atoms with Gasteiger partial charge in [-0.15, -0.1) is 11.3 Å². The van der Waals surface area contributed by atoms with Gasteiger partial charge in [-0.25, -0.2) is 0 Å². The maximum atomic E-state index is 12.4. The number of hydrogen-bond acceptors (Lipinski definition) is 3. The summed E-state index contributed by atoms with van der Waals surface area (Å²) in [6.07, 6.45) is 0.696. The number of carbonyl (C=O) groups excluding carboxylic acids is 1. The molecule has 0 radical (unpaired) electrons. The number of carboxylic acids is 1. The van der Waals surface area contributed by atoms with Crippen LogP contribution in [0, 0.1) is 0 Å². The van der Waals surface area contributed by atoms with Crippen LogP contribution in [-0.2, 0) is 4.79 Å². The number of hydrogen-bond donors (Lipinski definition) is 1. The number of aliphatic carboxylic acids is 1. The molecule has 4 nitrogen and oxygen atoms in total. The smallest absolute Gasteiger partial charge is 0.323 e. The molecule has 106 valence electrons. The fourth-order valence-electron chi connectivity index (χ4n) is 1.98. The number of fused-ring (bicyclic) bond motifs is 1. The van der Waals surface area contributed by atoms with Crippen LogP contribution in [0.25, 0.3) is 10.1 Å². The van der Waals surface area contributed by atoms with Crippen LogP contribution in [0.4, 0.5) is 0 Å². The van der Waals surface area contributed by atoms with Gasteiger partial charge in [-0.05, 0) is 12.5 Å². The number of amides is 1. The Balaban J connectivity index is 2.38. The molecule has 0 fully saturated rings. The second-order valence-electron chi connectivity index (χ2n) is 4.36. The van der Waals surface area contributed by atoms with Crippen molar-refractivity contribution in [1.82, 2.24) is 4.90 Å². The highest BCUT2D eigenvalue weighted by molar-refractivity contribution is 7.21. The molecular formula is C14H14ClNO3S. The first-order valence-electron chi connectivity index (χ1n) is 6.22. The summed E-state index contributed by atoms with van der Waals surface area (Å²) in [6, 6.07) is 7.48. The number of halogens is 1. The fourth-order valence-corrected chi connectivity index (χ4v) is 3.46. The minimum Gasteiger partial charge on any atom is -0.480 e. The van der Waals surface area contributed by atoms with Crippen molar-refractivity contribution in [2.24, 2.45) is 0 Å². The molecule has 0 saturated carbocycles. The summed E-state index contributed by atoms with van der Waals surface area (Å²) >= 11 is 7.55. The van der Waals surface area contributed by atoms with Crippen LogP contribution >= 0.6 is 22.9 Å². The minimum absolute atomic E-state index is 0.308. The van der Waals surface area contributed by atoms with Crippen LogP contribution in [0.2, 0.25) is 5.02 Å². The Morgan fingerprint density at radius 3 is 2.65 bits per heavy atom. The maximum absolute atomic E-state index is 12.4. The SMILES string of the molecule is CCCN(CC(=O)O)C(=O)c1sc2ccccc2c1Cl. The maximum Gasteiger partial charge on any atom is 0.323 e. The summed E-state index contributed by atoms with van der Waals surface area (Å²) in [7, 11) is 0. The van der Waals surface area contributed by atoms with E-state index in [1.165, 1.54) is 16.2 Å². The third-order valence-corrected chi connectivity index (χ3v) is 4.50. The van der Waals surface area contributed by atoms with E-state index in [1.807, 2.05) is 31.2 Å². The van der Waals surface area contributed by atoms with E-state index < -0.39 is 5.97 Å². The highest BCUT2D eigenvalue weighted by Crippen LogP contribution is 2.35. The van der Waals surface area contributed by atoms with Crippen molar-refractivity contribution in [1.29, 1.82) is 0 Å². The molecule has 1 aromatic heterocycles. The van der Waals surface area contributed by atoms with Crippen molar-refractivity contribution in [3.05, 3.63) is 34.2 Å². The molecule has 0 unspecified atom stereocenters. The highest BCUT2D eigenvalue weighted by Gasteiger charge is 2.23. The van der Waals surface area contributed by atoms with Gasteiger partial charge >= 0.3 is 5.97 Å². The molecule has 0 spiro atoms. The van der Waals surface area contributed by atoms with Gasteiger partial charge in [0.25, 0.3) is 5.91 Å². The van der Waals surface area contributed by atoms with E-state index in [1.54, 1.807) is 0 Å². The van der Waals surface area contributed by atoms with Crippen molar-refractivity contribution >= 4 is 44.9 Å². The predicted molar refractivity (Wildman–Crippen MR) is 80.7 cm³/mol. The third kappa shape index (κ3) is 2.94. The minimum atomic E-state index is -1.02. The number of carboxylic acid groups (broad SMARTS) is 1. The molecular weight excluding hydrogens is 298 g/mol. The monoisotopic (exact) mass is 311 g/mol. The average molecular weight is 312 g/mol. The number of nitrogens with zero attached hydrogens (tertiary/aromatic N) is 1. The van der Waals surface area contributed by atoms with Crippen molar-refractivity contribution in [2.45, 2.75) is 13.3 Å². The summed E-state index contributed by atoms with van der Waals surface area (Å²) in [5.41, 5.74) is 0. The van der Waals surface area contributed by atoms with Crippen LogP contribution in [0.1, 0.15) is 23.0 Å². The first-order valence-corrected chi connectivity index (χ1v) is 7.42. The number of benzene rings is 1. The molecule has 2 rings (SSSR count). The van der Waals surface area contributed by atoms with Crippen molar-refractivity contribution in [2.75, 3.05) is 13.1 Å². The number of carbonyl (C=O) groups is 2. The summed E-state index contributed by atoms with van der Waals surface area (Å²) in [4.78, 5) is 25.0. The molecule has 6 heteroatoms. The lowest BCUT2D eigenvalue weighted by atomic mass is 10.2. The number of thiophene rings is 1. The van der Waals surface area contributed by atoms with Crippen LogP contribution in [0.15, 0.2) is 24.3 Å². The second-order valence-corrected chi connectivity index (χ2v) is 5.79.